The minimum atomic E-state index is 0.438. The number of rotatable bonds is 1. The predicted molar refractivity (Wildman–Crippen MR) is 63.4 cm³/mol. The maximum atomic E-state index is 5.83. The normalized spacial score (nSPS) is 13.9. The van der Waals surface area contributed by atoms with Crippen LogP contribution in [0, 0.1) is 0 Å². The summed E-state index contributed by atoms with van der Waals surface area (Å²) in [5.41, 5.74) is 2.70. The van der Waals surface area contributed by atoms with Crippen LogP contribution in [0.15, 0.2) is 36.7 Å². The van der Waals surface area contributed by atoms with E-state index in [0.717, 1.165) is 18.9 Å². The minimum Gasteiger partial charge on any atom is -0.347 e. The first-order valence-corrected chi connectivity index (χ1v) is 5.50. The molecule has 16 heavy (non-hydrogen) atoms. The van der Waals surface area contributed by atoms with Crippen LogP contribution in [0.1, 0.15) is 11.1 Å². The third-order valence-electron chi connectivity index (χ3n) is 2.76. The Morgan fingerprint density at radius 2 is 1.75 bits per heavy atom. The molecule has 0 spiro atoms. The molecule has 2 heterocycles. The summed E-state index contributed by atoms with van der Waals surface area (Å²) >= 11 is 5.83. The van der Waals surface area contributed by atoms with Gasteiger partial charge in [-0.3, -0.25) is 4.98 Å². The number of anilines is 1. The van der Waals surface area contributed by atoms with E-state index >= 15 is 0 Å². The third kappa shape index (κ3) is 1.63. The van der Waals surface area contributed by atoms with Gasteiger partial charge >= 0.3 is 0 Å². The first-order valence-electron chi connectivity index (χ1n) is 5.12. The van der Waals surface area contributed by atoms with E-state index in [9.17, 15) is 0 Å². The molecule has 0 atom stereocenters. The number of benzene rings is 1. The highest BCUT2D eigenvalue weighted by Gasteiger charge is 2.19. The molecule has 1 aromatic carbocycles. The fraction of sp³-hybridized carbons (Fsp3) is 0.167. The largest absolute Gasteiger partial charge is 0.347 e. The number of fused-ring (bicyclic) bond motifs is 1. The smallest absolute Gasteiger partial charge is 0.149 e. The fourth-order valence-corrected chi connectivity index (χ4v) is 2.12. The van der Waals surface area contributed by atoms with Crippen LogP contribution in [0.25, 0.3) is 0 Å². The molecule has 3 nitrogen and oxygen atoms in total. The van der Waals surface area contributed by atoms with Crippen LogP contribution in [-0.4, -0.2) is 9.97 Å². The van der Waals surface area contributed by atoms with Crippen molar-refractivity contribution in [3.05, 3.63) is 52.9 Å². The fourth-order valence-electron chi connectivity index (χ4n) is 1.98. The molecule has 0 aliphatic carbocycles. The van der Waals surface area contributed by atoms with Crippen molar-refractivity contribution in [2.45, 2.75) is 13.1 Å². The van der Waals surface area contributed by atoms with Gasteiger partial charge in [0, 0.05) is 13.1 Å². The molecule has 1 aliphatic rings. The van der Waals surface area contributed by atoms with Crippen LogP contribution in [0.3, 0.4) is 0 Å². The predicted octanol–water partition coefficient (Wildman–Crippen LogP) is 2.65. The van der Waals surface area contributed by atoms with Crippen molar-refractivity contribution in [1.82, 2.24) is 9.97 Å². The summed E-state index contributed by atoms with van der Waals surface area (Å²) in [5, 5.41) is 0.438. The van der Waals surface area contributed by atoms with Gasteiger partial charge in [-0.1, -0.05) is 35.9 Å². The van der Waals surface area contributed by atoms with Crippen LogP contribution in [-0.2, 0) is 13.1 Å². The summed E-state index contributed by atoms with van der Waals surface area (Å²) in [6, 6.07) is 8.42. The van der Waals surface area contributed by atoms with E-state index in [1.807, 2.05) is 0 Å². The average molecular weight is 232 g/mol. The molecule has 1 aromatic heterocycles. The van der Waals surface area contributed by atoms with Gasteiger partial charge in [0.05, 0.1) is 12.4 Å². The van der Waals surface area contributed by atoms with E-state index in [1.165, 1.54) is 11.1 Å². The molecule has 1 aliphatic heterocycles. The summed E-state index contributed by atoms with van der Waals surface area (Å²) in [5.74, 6) is 0.837. The van der Waals surface area contributed by atoms with Gasteiger partial charge in [-0.05, 0) is 11.1 Å². The van der Waals surface area contributed by atoms with Gasteiger partial charge in [0.2, 0.25) is 0 Å². The highest BCUT2D eigenvalue weighted by atomic mass is 35.5. The maximum Gasteiger partial charge on any atom is 0.149 e. The van der Waals surface area contributed by atoms with Crippen LogP contribution < -0.4 is 4.90 Å². The van der Waals surface area contributed by atoms with Crippen molar-refractivity contribution >= 4 is 17.4 Å². The van der Waals surface area contributed by atoms with Crippen LogP contribution in [0.4, 0.5) is 5.82 Å². The molecule has 0 saturated heterocycles. The lowest BCUT2D eigenvalue weighted by Gasteiger charge is -2.15. The first kappa shape index (κ1) is 9.60. The van der Waals surface area contributed by atoms with Gasteiger partial charge < -0.3 is 4.90 Å². The number of hydrogen-bond donors (Lipinski definition) is 0. The Morgan fingerprint density at radius 1 is 1.06 bits per heavy atom. The zero-order chi connectivity index (χ0) is 11.0. The van der Waals surface area contributed by atoms with Crippen molar-refractivity contribution in [1.29, 1.82) is 0 Å². The molecule has 2 aromatic rings. The SMILES string of the molecule is Clc1cncc(N2Cc3ccccc3C2)n1. The Balaban J connectivity index is 1.91. The number of nitrogens with zero attached hydrogens (tertiary/aromatic N) is 3. The molecule has 0 bridgehead atoms. The minimum absolute atomic E-state index is 0.438. The Morgan fingerprint density at radius 3 is 2.38 bits per heavy atom. The molecule has 0 saturated carbocycles. The highest BCUT2D eigenvalue weighted by molar-refractivity contribution is 6.29. The lowest BCUT2D eigenvalue weighted by atomic mass is 10.1. The Labute approximate surface area is 98.7 Å². The molecule has 0 N–H and O–H groups in total. The number of hydrogen-bond acceptors (Lipinski definition) is 3. The van der Waals surface area contributed by atoms with E-state index in [4.69, 9.17) is 11.6 Å². The van der Waals surface area contributed by atoms with E-state index in [0.29, 0.717) is 5.15 Å². The van der Waals surface area contributed by atoms with E-state index in [2.05, 4.69) is 39.1 Å². The van der Waals surface area contributed by atoms with Crippen molar-refractivity contribution in [3.8, 4) is 0 Å². The monoisotopic (exact) mass is 231 g/mol. The zero-order valence-corrected chi connectivity index (χ0v) is 9.35. The molecular weight excluding hydrogens is 222 g/mol. The molecule has 0 amide bonds. The summed E-state index contributed by atoms with van der Waals surface area (Å²) in [4.78, 5) is 10.5. The van der Waals surface area contributed by atoms with E-state index in [-0.39, 0.29) is 0 Å². The van der Waals surface area contributed by atoms with Crippen LogP contribution >= 0.6 is 11.6 Å². The molecule has 80 valence electrons. The average Bonchev–Trinajstić information content (AvgIpc) is 2.72. The Bertz CT molecular complexity index is 502. The van der Waals surface area contributed by atoms with Gasteiger partial charge in [-0.25, -0.2) is 4.98 Å². The third-order valence-corrected chi connectivity index (χ3v) is 2.94. The topological polar surface area (TPSA) is 29.0 Å². The van der Waals surface area contributed by atoms with Crippen molar-refractivity contribution in [2.24, 2.45) is 0 Å². The van der Waals surface area contributed by atoms with Crippen molar-refractivity contribution in [3.63, 3.8) is 0 Å². The van der Waals surface area contributed by atoms with Gasteiger partial charge in [0.15, 0.2) is 0 Å². The first-order chi connectivity index (χ1) is 7.83. The van der Waals surface area contributed by atoms with Gasteiger partial charge in [-0.2, -0.15) is 0 Å². The van der Waals surface area contributed by atoms with Crippen molar-refractivity contribution in [2.75, 3.05) is 4.90 Å². The zero-order valence-electron chi connectivity index (χ0n) is 8.60. The molecule has 3 rings (SSSR count). The van der Waals surface area contributed by atoms with Gasteiger partial charge in [0.1, 0.15) is 11.0 Å². The molecule has 0 fully saturated rings. The van der Waals surface area contributed by atoms with E-state index in [1.54, 1.807) is 12.4 Å². The molecule has 0 radical (unpaired) electrons. The Hall–Kier alpha value is -1.61. The second-order valence-electron chi connectivity index (χ2n) is 3.82. The van der Waals surface area contributed by atoms with Gasteiger partial charge in [0.25, 0.3) is 0 Å². The van der Waals surface area contributed by atoms with Gasteiger partial charge in [-0.15, -0.1) is 0 Å². The number of aromatic nitrogens is 2. The van der Waals surface area contributed by atoms with Crippen LogP contribution in [0.2, 0.25) is 5.15 Å². The number of halogens is 1. The standard InChI is InChI=1S/C12H10ClN3/c13-11-5-14-6-12(15-11)16-7-9-3-1-2-4-10(9)8-16/h1-6H,7-8H2. The van der Waals surface area contributed by atoms with Crippen molar-refractivity contribution < 1.29 is 0 Å². The molecular formula is C12H10ClN3. The van der Waals surface area contributed by atoms with E-state index < -0.39 is 0 Å². The second kappa shape index (κ2) is 3.76. The second-order valence-corrected chi connectivity index (χ2v) is 4.21. The highest BCUT2D eigenvalue weighted by Crippen LogP contribution is 2.26. The summed E-state index contributed by atoms with van der Waals surface area (Å²) in [6.45, 7) is 1.76. The summed E-state index contributed by atoms with van der Waals surface area (Å²) < 4.78 is 0. The Kier molecular flexibility index (Phi) is 2.26. The maximum absolute atomic E-state index is 5.83. The molecule has 4 heteroatoms. The lowest BCUT2D eigenvalue weighted by molar-refractivity contribution is 0.850. The molecule has 0 unspecified atom stereocenters. The van der Waals surface area contributed by atoms with Crippen LogP contribution in [0.5, 0.6) is 0 Å². The lowest BCUT2D eigenvalue weighted by Crippen LogP contribution is -2.16. The summed E-state index contributed by atoms with van der Waals surface area (Å²) in [6.07, 6.45) is 3.30. The quantitative estimate of drug-likeness (QED) is 0.756. The summed E-state index contributed by atoms with van der Waals surface area (Å²) in [7, 11) is 0.